The van der Waals surface area contributed by atoms with Gasteiger partial charge >= 0.3 is 0 Å². The molecule has 7 nitrogen and oxygen atoms in total. The third-order valence-corrected chi connectivity index (χ3v) is 5.85. The van der Waals surface area contributed by atoms with Crippen LogP contribution >= 0.6 is 11.6 Å². The molecule has 2 aromatic heterocycles. The lowest BCUT2D eigenvalue weighted by atomic mass is 10.1. The summed E-state index contributed by atoms with van der Waals surface area (Å²) >= 11 is 6.22. The van der Waals surface area contributed by atoms with Crippen LogP contribution in [0.15, 0.2) is 66.7 Å². The van der Waals surface area contributed by atoms with E-state index in [1.165, 1.54) is 0 Å². The smallest absolute Gasteiger partial charge is 0.186 e. The van der Waals surface area contributed by atoms with E-state index in [9.17, 15) is 0 Å². The van der Waals surface area contributed by atoms with Gasteiger partial charge in [-0.2, -0.15) is 4.52 Å². The lowest BCUT2D eigenvalue weighted by Crippen LogP contribution is -2.10. The summed E-state index contributed by atoms with van der Waals surface area (Å²) in [5.41, 5.74) is 4.13. The van der Waals surface area contributed by atoms with Gasteiger partial charge in [0.1, 0.15) is 11.5 Å². The van der Waals surface area contributed by atoms with Crippen LogP contribution in [0.25, 0.3) is 27.8 Å². The van der Waals surface area contributed by atoms with E-state index in [0.717, 1.165) is 27.8 Å². The second-order valence-electron chi connectivity index (χ2n) is 7.64. The monoisotopic (exact) mass is 459 g/mol. The van der Waals surface area contributed by atoms with E-state index in [4.69, 9.17) is 26.1 Å². The van der Waals surface area contributed by atoms with Crippen LogP contribution < -0.4 is 14.8 Å². The number of anilines is 1. The lowest BCUT2D eigenvalue weighted by Gasteiger charge is -2.18. The fourth-order valence-electron chi connectivity index (χ4n) is 3.91. The number of benzene rings is 3. The van der Waals surface area contributed by atoms with Crippen LogP contribution in [-0.4, -0.2) is 34.0 Å². The van der Waals surface area contributed by atoms with Crippen molar-refractivity contribution in [2.75, 3.05) is 19.5 Å². The molecule has 3 aromatic carbocycles. The third kappa shape index (κ3) is 3.81. The fraction of sp³-hybridized carbons (Fsp3) is 0.160. The molecule has 166 valence electrons. The number of aromatic nitrogens is 4. The van der Waals surface area contributed by atoms with Crippen LogP contribution in [0.2, 0.25) is 5.02 Å². The molecule has 0 aliphatic rings. The highest BCUT2D eigenvalue weighted by molar-refractivity contribution is 6.30. The maximum atomic E-state index is 6.22. The largest absolute Gasteiger partial charge is 0.493 e. The zero-order valence-electron chi connectivity index (χ0n) is 18.4. The van der Waals surface area contributed by atoms with Crippen molar-refractivity contribution in [3.8, 4) is 22.8 Å². The van der Waals surface area contributed by atoms with Crippen molar-refractivity contribution >= 4 is 34.0 Å². The first kappa shape index (κ1) is 21.0. The fourth-order valence-corrected chi connectivity index (χ4v) is 4.10. The van der Waals surface area contributed by atoms with Crippen molar-refractivity contribution in [1.29, 1.82) is 0 Å². The van der Waals surface area contributed by atoms with Crippen molar-refractivity contribution in [2.45, 2.75) is 13.0 Å². The molecule has 1 atom stereocenters. The van der Waals surface area contributed by atoms with Crippen LogP contribution in [0.3, 0.4) is 0 Å². The van der Waals surface area contributed by atoms with Gasteiger partial charge in [0.05, 0.1) is 25.8 Å². The quantitative estimate of drug-likeness (QED) is 0.346. The highest BCUT2D eigenvalue weighted by atomic mass is 35.5. The normalized spacial score (nSPS) is 12.1. The molecule has 0 amide bonds. The van der Waals surface area contributed by atoms with Gasteiger partial charge in [-0.05, 0) is 48.9 Å². The molecule has 0 saturated heterocycles. The molecule has 33 heavy (non-hydrogen) atoms. The van der Waals surface area contributed by atoms with E-state index in [0.29, 0.717) is 27.9 Å². The Hall–Kier alpha value is -3.84. The number of methoxy groups -OCH3 is 2. The van der Waals surface area contributed by atoms with E-state index >= 15 is 0 Å². The summed E-state index contributed by atoms with van der Waals surface area (Å²) in [4.78, 5) is 4.94. The third-order valence-electron chi connectivity index (χ3n) is 5.61. The number of ether oxygens (including phenoxy) is 2. The van der Waals surface area contributed by atoms with Gasteiger partial charge in [-0.3, -0.25) is 0 Å². The number of rotatable bonds is 6. The number of para-hydroxylation sites is 1. The maximum absolute atomic E-state index is 6.22. The van der Waals surface area contributed by atoms with Gasteiger partial charge in [-0.1, -0.05) is 47.1 Å². The number of fused-ring (bicyclic) bond motifs is 3. The Bertz CT molecular complexity index is 1470. The summed E-state index contributed by atoms with van der Waals surface area (Å²) in [7, 11) is 3.26. The van der Waals surface area contributed by atoms with Gasteiger partial charge in [0, 0.05) is 16.0 Å². The molecule has 5 aromatic rings. The molecule has 0 spiro atoms. The highest BCUT2D eigenvalue weighted by Gasteiger charge is 2.18. The zero-order chi connectivity index (χ0) is 22.9. The van der Waals surface area contributed by atoms with Crippen molar-refractivity contribution in [3.63, 3.8) is 0 Å². The summed E-state index contributed by atoms with van der Waals surface area (Å²) < 4.78 is 12.6. The van der Waals surface area contributed by atoms with E-state index in [1.54, 1.807) is 18.7 Å². The Balaban J connectivity index is 1.62. The maximum Gasteiger partial charge on any atom is 0.186 e. The molecular weight excluding hydrogens is 438 g/mol. The topological polar surface area (TPSA) is 73.6 Å². The average molecular weight is 460 g/mol. The molecule has 0 aliphatic carbocycles. The van der Waals surface area contributed by atoms with Gasteiger partial charge < -0.3 is 14.8 Å². The van der Waals surface area contributed by atoms with Crippen molar-refractivity contribution in [2.24, 2.45) is 0 Å². The van der Waals surface area contributed by atoms with Gasteiger partial charge in [0.2, 0.25) is 0 Å². The Morgan fingerprint density at radius 2 is 1.76 bits per heavy atom. The molecule has 0 fully saturated rings. The van der Waals surface area contributed by atoms with Gasteiger partial charge in [0.25, 0.3) is 0 Å². The van der Waals surface area contributed by atoms with Gasteiger partial charge in [-0.15, -0.1) is 5.10 Å². The minimum absolute atomic E-state index is 0.0475. The molecule has 1 N–H and O–H groups in total. The zero-order valence-corrected chi connectivity index (χ0v) is 19.2. The molecule has 2 heterocycles. The minimum Gasteiger partial charge on any atom is -0.493 e. The number of hydrogen-bond acceptors (Lipinski definition) is 6. The molecular formula is C25H22ClN5O2. The number of nitrogens with zero attached hydrogens (tertiary/aromatic N) is 4. The number of hydrogen-bond donors (Lipinski definition) is 1. The molecule has 0 radical (unpaired) electrons. The van der Waals surface area contributed by atoms with Crippen molar-refractivity contribution in [1.82, 2.24) is 19.8 Å². The SMILES string of the molecule is COc1ccc(C(C)Nc2nc3c(-c4cccc(Cl)c4)nnn3c3ccccc23)cc1OC. The van der Waals surface area contributed by atoms with E-state index in [1.807, 2.05) is 66.7 Å². The Morgan fingerprint density at radius 3 is 2.55 bits per heavy atom. The van der Waals surface area contributed by atoms with Crippen LogP contribution in [0.5, 0.6) is 11.5 Å². The Labute approximate surface area is 195 Å². The molecule has 5 rings (SSSR count). The molecule has 8 heteroatoms. The van der Waals surface area contributed by atoms with E-state index < -0.39 is 0 Å². The first-order chi connectivity index (χ1) is 16.1. The summed E-state index contributed by atoms with van der Waals surface area (Å²) in [5.74, 6) is 2.11. The summed E-state index contributed by atoms with van der Waals surface area (Å²) in [6.45, 7) is 2.08. The van der Waals surface area contributed by atoms with E-state index in [2.05, 4.69) is 22.6 Å². The highest BCUT2D eigenvalue weighted by Crippen LogP contribution is 2.33. The molecule has 0 bridgehead atoms. The van der Waals surface area contributed by atoms with Crippen LogP contribution in [0.1, 0.15) is 18.5 Å². The molecule has 0 saturated carbocycles. The van der Waals surface area contributed by atoms with Crippen LogP contribution in [0, 0.1) is 0 Å². The second-order valence-corrected chi connectivity index (χ2v) is 8.08. The predicted octanol–water partition coefficient (Wildman–Crippen LogP) is 5.79. The van der Waals surface area contributed by atoms with Gasteiger partial charge in [0.15, 0.2) is 17.1 Å². The first-order valence-electron chi connectivity index (χ1n) is 10.5. The number of halogens is 1. The Morgan fingerprint density at radius 1 is 0.939 bits per heavy atom. The number of nitrogens with one attached hydrogen (secondary N) is 1. The standard InChI is InChI=1S/C25H22ClN5O2/c1-15(16-11-12-21(32-2)22(14-16)33-3)27-24-19-9-4-5-10-20(19)31-25(28-24)23(29-30-31)17-7-6-8-18(26)13-17/h4-15H,1-3H3,(H,27,28). The summed E-state index contributed by atoms with van der Waals surface area (Å²) in [6.07, 6.45) is 0. The lowest BCUT2D eigenvalue weighted by molar-refractivity contribution is 0.354. The van der Waals surface area contributed by atoms with Crippen molar-refractivity contribution < 1.29 is 9.47 Å². The second kappa shape index (κ2) is 8.60. The van der Waals surface area contributed by atoms with E-state index in [-0.39, 0.29) is 6.04 Å². The van der Waals surface area contributed by atoms with Crippen LogP contribution in [0.4, 0.5) is 5.82 Å². The predicted molar refractivity (Wildman–Crippen MR) is 130 cm³/mol. The van der Waals surface area contributed by atoms with Gasteiger partial charge in [-0.25, -0.2) is 4.98 Å². The minimum atomic E-state index is -0.0475. The molecule has 1 unspecified atom stereocenters. The summed E-state index contributed by atoms with van der Waals surface area (Å²) in [5, 5.41) is 13.9. The molecule has 0 aliphatic heterocycles. The van der Waals surface area contributed by atoms with Crippen molar-refractivity contribution in [3.05, 3.63) is 77.3 Å². The summed E-state index contributed by atoms with van der Waals surface area (Å²) in [6, 6.07) is 21.4. The van der Waals surface area contributed by atoms with Crippen LogP contribution in [-0.2, 0) is 0 Å². The average Bonchev–Trinajstić information content (AvgIpc) is 3.27. The first-order valence-corrected chi connectivity index (χ1v) is 10.9. The Kier molecular flexibility index (Phi) is 5.48.